The van der Waals surface area contributed by atoms with Crippen molar-refractivity contribution in [3.63, 3.8) is 0 Å². The molecule has 0 unspecified atom stereocenters. The van der Waals surface area contributed by atoms with Gasteiger partial charge in [0.2, 0.25) is 0 Å². The lowest BCUT2D eigenvalue weighted by Crippen LogP contribution is -1.97. The molecule has 56 valence electrons. The average molecular weight is 148 g/mol. The molecule has 0 aliphatic carbocycles. The van der Waals surface area contributed by atoms with Gasteiger partial charge in [-0.3, -0.25) is 9.78 Å². The minimum atomic E-state index is 0.776. The van der Waals surface area contributed by atoms with Gasteiger partial charge in [-0.25, -0.2) is 0 Å². The maximum Gasteiger partial charge on any atom is 0.185 e. The minimum Gasteiger partial charge on any atom is -0.298 e. The maximum atomic E-state index is 4.89. The van der Waals surface area contributed by atoms with Crippen LogP contribution in [0.1, 0.15) is 11.1 Å². The molecular weight excluding hydrogens is 140 g/mol. The highest BCUT2D eigenvalue weighted by Crippen LogP contribution is 2.24. The zero-order valence-corrected chi connectivity index (χ0v) is 6.20. The van der Waals surface area contributed by atoms with E-state index in [1.54, 1.807) is 0 Å². The Morgan fingerprint density at radius 1 is 1.27 bits per heavy atom. The predicted octanol–water partition coefficient (Wildman–Crippen LogP) is 2.29. The Balaban J connectivity index is 2.54. The second-order valence-corrected chi connectivity index (χ2v) is 2.52. The summed E-state index contributed by atoms with van der Waals surface area (Å²) < 4.78 is 0. The smallest absolute Gasteiger partial charge is 0.185 e. The fourth-order valence-corrected chi connectivity index (χ4v) is 1.05. The molecule has 0 saturated carbocycles. The molecule has 11 heavy (non-hydrogen) atoms. The van der Waals surface area contributed by atoms with Gasteiger partial charge in [0.15, 0.2) is 5.75 Å². The van der Waals surface area contributed by atoms with Crippen LogP contribution in [0.3, 0.4) is 0 Å². The van der Waals surface area contributed by atoms with E-state index < -0.39 is 0 Å². The van der Waals surface area contributed by atoms with Crippen LogP contribution in [-0.4, -0.2) is 0 Å². The molecule has 0 fully saturated rings. The van der Waals surface area contributed by atoms with Crippen molar-refractivity contribution in [2.24, 2.45) is 0 Å². The van der Waals surface area contributed by atoms with Crippen molar-refractivity contribution >= 4 is 6.08 Å². The molecule has 1 aromatic rings. The van der Waals surface area contributed by atoms with E-state index in [0.29, 0.717) is 0 Å². The van der Waals surface area contributed by atoms with Gasteiger partial charge in [-0.15, -0.1) is 0 Å². The maximum absolute atomic E-state index is 4.89. The van der Waals surface area contributed by atoms with Crippen LogP contribution >= 0.6 is 0 Å². The van der Waals surface area contributed by atoms with Gasteiger partial charge in [0.05, 0.1) is 0 Å². The van der Waals surface area contributed by atoms with Crippen molar-refractivity contribution < 1.29 is 9.78 Å². The topological polar surface area (TPSA) is 18.5 Å². The third kappa shape index (κ3) is 1.07. The highest BCUT2D eigenvalue weighted by atomic mass is 17.2. The van der Waals surface area contributed by atoms with Crippen molar-refractivity contribution in [2.45, 2.75) is 6.92 Å². The Bertz CT molecular complexity index is 302. The molecule has 2 nitrogen and oxygen atoms in total. The molecule has 0 spiro atoms. The minimum absolute atomic E-state index is 0.776. The number of hydrogen-bond donors (Lipinski definition) is 0. The van der Waals surface area contributed by atoms with E-state index >= 15 is 0 Å². The fraction of sp³-hybridized carbons (Fsp3) is 0.111. The zero-order chi connectivity index (χ0) is 7.68. The van der Waals surface area contributed by atoms with Crippen molar-refractivity contribution in [3.8, 4) is 5.75 Å². The monoisotopic (exact) mass is 148 g/mol. The summed E-state index contributed by atoms with van der Waals surface area (Å²) >= 11 is 0. The van der Waals surface area contributed by atoms with Crippen molar-refractivity contribution in [1.82, 2.24) is 0 Å². The quantitative estimate of drug-likeness (QED) is 0.525. The van der Waals surface area contributed by atoms with E-state index in [2.05, 4.69) is 4.89 Å². The molecule has 0 saturated heterocycles. The van der Waals surface area contributed by atoms with E-state index in [9.17, 15) is 0 Å². The van der Waals surface area contributed by atoms with Gasteiger partial charge in [-0.05, 0) is 25.1 Å². The number of fused-ring (bicyclic) bond motifs is 1. The summed E-state index contributed by atoms with van der Waals surface area (Å²) in [5, 5.41) is 0. The van der Waals surface area contributed by atoms with Crippen LogP contribution in [0.2, 0.25) is 0 Å². The normalized spacial score (nSPS) is 13.2. The van der Waals surface area contributed by atoms with Crippen LogP contribution in [-0.2, 0) is 4.89 Å². The van der Waals surface area contributed by atoms with Gasteiger partial charge in [0, 0.05) is 5.56 Å². The largest absolute Gasteiger partial charge is 0.298 e. The number of benzene rings is 1. The summed E-state index contributed by atoms with van der Waals surface area (Å²) in [7, 11) is 0. The van der Waals surface area contributed by atoms with E-state index in [1.165, 1.54) is 11.8 Å². The first-order chi connectivity index (χ1) is 5.36. The number of hydrogen-bond acceptors (Lipinski definition) is 2. The lowest BCUT2D eigenvalue weighted by atomic mass is 10.1. The molecule has 2 rings (SSSR count). The summed E-state index contributed by atoms with van der Waals surface area (Å²) in [6.45, 7) is 2.05. The van der Waals surface area contributed by atoms with E-state index in [4.69, 9.17) is 4.89 Å². The van der Waals surface area contributed by atoms with Crippen LogP contribution < -0.4 is 4.89 Å². The molecular formula is C9H8O2. The van der Waals surface area contributed by atoms with Crippen LogP contribution in [0.5, 0.6) is 5.75 Å². The lowest BCUT2D eigenvalue weighted by molar-refractivity contribution is -0.151. The number of rotatable bonds is 0. The third-order valence-corrected chi connectivity index (χ3v) is 1.61. The summed E-state index contributed by atoms with van der Waals surface area (Å²) in [6.07, 6.45) is 3.41. The third-order valence-electron chi connectivity index (χ3n) is 1.61. The first-order valence-corrected chi connectivity index (χ1v) is 3.47. The summed E-state index contributed by atoms with van der Waals surface area (Å²) in [4.78, 5) is 9.55. The molecule has 0 radical (unpaired) electrons. The second kappa shape index (κ2) is 2.31. The fourth-order valence-electron chi connectivity index (χ4n) is 1.05. The van der Waals surface area contributed by atoms with Crippen LogP contribution in [0.15, 0.2) is 24.5 Å². The Kier molecular flexibility index (Phi) is 1.32. The molecule has 0 atom stereocenters. The van der Waals surface area contributed by atoms with Gasteiger partial charge in [0.1, 0.15) is 6.26 Å². The van der Waals surface area contributed by atoms with Gasteiger partial charge in [-0.2, -0.15) is 0 Å². The van der Waals surface area contributed by atoms with Gasteiger partial charge >= 0.3 is 0 Å². The Morgan fingerprint density at radius 3 is 3.09 bits per heavy atom. The van der Waals surface area contributed by atoms with E-state index in [1.807, 2.05) is 31.2 Å². The molecule has 0 amide bonds. The predicted molar refractivity (Wildman–Crippen MR) is 41.9 cm³/mol. The molecule has 1 aliphatic heterocycles. The van der Waals surface area contributed by atoms with Crippen LogP contribution in [0.4, 0.5) is 0 Å². The highest BCUT2D eigenvalue weighted by Gasteiger charge is 2.05. The Labute approximate surface area is 65.0 Å². The van der Waals surface area contributed by atoms with Crippen LogP contribution in [0.25, 0.3) is 6.08 Å². The van der Waals surface area contributed by atoms with Crippen LogP contribution in [0, 0.1) is 6.92 Å². The van der Waals surface area contributed by atoms with E-state index in [-0.39, 0.29) is 0 Å². The van der Waals surface area contributed by atoms with Crippen molar-refractivity contribution in [2.75, 3.05) is 0 Å². The van der Waals surface area contributed by atoms with Gasteiger partial charge < -0.3 is 0 Å². The highest BCUT2D eigenvalue weighted by molar-refractivity contribution is 5.58. The molecule has 0 N–H and O–H groups in total. The molecule has 2 heteroatoms. The van der Waals surface area contributed by atoms with Gasteiger partial charge in [-0.1, -0.05) is 11.6 Å². The SMILES string of the molecule is Cc1ccc2c(c1)C=COO2. The Hall–Kier alpha value is -1.44. The van der Waals surface area contributed by atoms with E-state index in [0.717, 1.165) is 11.3 Å². The Morgan fingerprint density at radius 2 is 2.18 bits per heavy atom. The van der Waals surface area contributed by atoms with Gasteiger partial charge in [0.25, 0.3) is 0 Å². The summed E-state index contributed by atoms with van der Waals surface area (Å²) in [5.74, 6) is 0.776. The summed E-state index contributed by atoms with van der Waals surface area (Å²) in [6, 6.07) is 5.93. The molecule has 1 heterocycles. The second-order valence-electron chi connectivity index (χ2n) is 2.52. The molecule has 0 bridgehead atoms. The lowest BCUT2D eigenvalue weighted by Gasteiger charge is -2.10. The van der Waals surface area contributed by atoms with Crippen molar-refractivity contribution in [3.05, 3.63) is 35.6 Å². The zero-order valence-electron chi connectivity index (χ0n) is 6.20. The molecule has 1 aliphatic rings. The molecule has 0 aromatic heterocycles. The summed E-state index contributed by atoms with van der Waals surface area (Å²) in [5.41, 5.74) is 2.29. The standard InChI is InChI=1S/C9H8O2/c1-7-2-3-9-8(6-7)4-5-10-11-9/h2-6H,1H3. The first kappa shape index (κ1) is 6.28. The average Bonchev–Trinajstić information content (AvgIpc) is 2.04. The number of aryl methyl sites for hydroxylation is 1. The molecule has 1 aromatic carbocycles. The van der Waals surface area contributed by atoms with Crippen molar-refractivity contribution in [1.29, 1.82) is 0 Å². The first-order valence-electron chi connectivity index (χ1n) is 3.47.